The van der Waals surface area contributed by atoms with Gasteiger partial charge in [0.2, 0.25) is 5.91 Å². The van der Waals surface area contributed by atoms with Crippen LogP contribution >= 0.6 is 7.82 Å². The molecule has 0 saturated carbocycles. The van der Waals surface area contributed by atoms with Crippen LogP contribution < -0.4 is 27.3 Å². The first-order valence-electron chi connectivity index (χ1n) is 9.56. The quantitative estimate of drug-likeness (QED) is 0.115. The SMILES string of the molecule is NCCCC[C@H](N)C(=O)Nc1ccc(N=Nc2ccccc2OCOP(=O)(O)O)c(N)n1. The number of amides is 1. The van der Waals surface area contributed by atoms with Crippen molar-refractivity contribution in [3.63, 3.8) is 0 Å². The number of hydrogen-bond acceptors (Lipinski definition) is 10. The predicted molar refractivity (Wildman–Crippen MR) is 117 cm³/mol. The Morgan fingerprint density at radius 2 is 1.88 bits per heavy atom. The van der Waals surface area contributed by atoms with Crippen molar-refractivity contribution in [2.24, 2.45) is 21.7 Å². The highest BCUT2D eigenvalue weighted by Crippen LogP contribution is 2.36. The molecule has 1 heterocycles. The van der Waals surface area contributed by atoms with E-state index in [-0.39, 0.29) is 34.7 Å². The zero-order valence-corrected chi connectivity index (χ0v) is 18.0. The normalized spacial score (nSPS) is 12.6. The van der Waals surface area contributed by atoms with Crippen molar-refractivity contribution in [2.75, 3.05) is 24.4 Å². The number of phosphoric ester groups is 1. The van der Waals surface area contributed by atoms with Gasteiger partial charge in [-0.2, -0.15) is 0 Å². The van der Waals surface area contributed by atoms with E-state index >= 15 is 0 Å². The number of carbonyl (C=O) groups excluding carboxylic acids is 1. The highest BCUT2D eigenvalue weighted by molar-refractivity contribution is 7.46. The minimum Gasteiger partial charge on any atom is -0.465 e. The molecule has 0 bridgehead atoms. The van der Waals surface area contributed by atoms with Crippen molar-refractivity contribution < 1.29 is 28.4 Å². The summed E-state index contributed by atoms with van der Waals surface area (Å²) in [4.78, 5) is 33.6. The highest BCUT2D eigenvalue weighted by Gasteiger charge is 2.15. The number of azo groups is 1. The molecule has 14 heteroatoms. The Balaban J connectivity index is 2.02. The number of unbranched alkanes of at least 4 members (excludes halogenated alkanes) is 1. The average Bonchev–Trinajstić information content (AvgIpc) is 2.73. The summed E-state index contributed by atoms with van der Waals surface area (Å²) in [5, 5.41) is 10.6. The average molecular weight is 467 g/mol. The first-order chi connectivity index (χ1) is 15.2. The molecule has 0 aliphatic heterocycles. The van der Waals surface area contributed by atoms with Crippen LogP contribution in [0.4, 0.5) is 23.0 Å². The Morgan fingerprint density at radius 1 is 1.16 bits per heavy atom. The van der Waals surface area contributed by atoms with E-state index in [1.54, 1.807) is 18.2 Å². The summed E-state index contributed by atoms with van der Waals surface area (Å²) >= 11 is 0. The molecule has 1 aromatic heterocycles. The van der Waals surface area contributed by atoms with Gasteiger partial charge < -0.3 is 37.0 Å². The Morgan fingerprint density at radius 3 is 2.56 bits per heavy atom. The van der Waals surface area contributed by atoms with Crippen molar-refractivity contribution in [3.8, 4) is 5.75 Å². The topological polar surface area (TPSA) is 221 Å². The predicted octanol–water partition coefficient (Wildman–Crippen LogP) is 1.92. The minimum absolute atomic E-state index is 0.0199. The number of nitrogens with zero attached hydrogens (tertiary/aromatic N) is 3. The molecular weight excluding hydrogens is 441 g/mol. The van der Waals surface area contributed by atoms with Gasteiger partial charge in [-0.05, 0) is 43.7 Å². The lowest BCUT2D eigenvalue weighted by atomic mass is 10.1. The van der Waals surface area contributed by atoms with E-state index in [1.807, 2.05) is 0 Å². The number of benzene rings is 1. The van der Waals surface area contributed by atoms with Gasteiger partial charge in [0.15, 0.2) is 12.6 Å². The minimum atomic E-state index is -4.66. The van der Waals surface area contributed by atoms with E-state index in [0.29, 0.717) is 13.0 Å². The van der Waals surface area contributed by atoms with Gasteiger partial charge in [0.05, 0.1) is 6.04 Å². The number of anilines is 2. The Hall–Kier alpha value is -2.93. The Kier molecular flexibility index (Phi) is 9.65. The summed E-state index contributed by atoms with van der Waals surface area (Å²) in [5.74, 6) is 0.0427. The number of nitrogens with one attached hydrogen (secondary N) is 1. The summed E-state index contributed by atoms with van der Waals surface area (Å²) < 4.78 is 20.2. The van der Waals surface area contributed by atoms with Gasteiger partial charge in [0, 0.05) is 0 Å². The molecule has 1 amide bonds. The molecular formula is C18H26N7O6P. The van der Waals surface area contributed by atoms with Crippen LogP contribution in [0, 0.1) is 0 Å². The zero-order chi connectivity index (χ0) is 23.6. The van der Waals surface area contributed by atoms with Crippen molar-refractivity contribution in [1.82, 2.24) is 4.98 Å². The number of rotatable bonds is 12. The summed E-state index contributed by atoms with van der Waals surface area (Å²) in [6.45, 7) is -0.135. The summed E-state index contributed by atoms with van der Waals surface area (Å²) in [6, 6.07) is 8.74. The van der Waals surface area contributed by atoms with Gasteiger partial charge in [0.1, 0.15) is 22.9 Å². The second-order valence-electron chi connectivity index (χ2n) is 6.53. The van der Waals surface area contributed by atoms with Gasteiger partial charge in [-0.25, -0.2) is 14.1 Å². The lowest BCUT2D eigenvalue weighted by Gasteiger charge is -2.12. The second kappa shape index (κ2) is 12.2. The number of phosphoric acid groups is 1. The van der Waals surface area contributed by atoms with E-state index < -0.39 is 20.7 Å². The van der Waals surface area contributed by atoms with E-state index in [2.05, 4.69) is 25.1 Å². The van der Waals surface area contributed by atoms with Gasteiger partial charge in [-0.15, -0.1) is 10.2 Å². The third-order valence-corrected chi connectivity index (χ3v) is 4.47. The van der Waals surface area contributed by atoms with E-state index in [1.165, 1.54) is 18.2 Å². The fourth-order valence-electron chi connectivity index (χ4n) is 2.41. The van der Waals surface area contributed by atoms with Crippen LogP contribution in [0.2, 0.25) is 0 Å². The lowest BCUT2D eigenvalue weighted by Crippen LogP contribution is -2.35. The van der Waals surface area contributed by atoms with Crippen LogP contribution in [0.5, 0.6) is 5.75 Å². The number of para-hydroxylation sites is 1. The van der Waals surface area contributed by atoms with Crippen LogP contribution in [-0.2, 0) is 13.9 Å². The van der Waals surface area contributed by atoms with Crippen LogP contribution in [0.25, 0.3) is 0 Å². The molecule has 2 aromatic rings. The number of nitrogen functional groups attached to an aromatic ring is 1. The Labute approximate surface area is 184 Å². The molecule has 0 fully saturated rings. The maximum absolute atomic E-state index is 12.1. The van der Waals surface area contributed by atoms with Crippen LogP contribution in [0.15, 0.2) is 46.6 Å². The molecule has 0 spiro atoms. The molecule has 0 aliphatic rings. The molecule has 2 rings (SSSR count). The Bertz CT molecular complexity index is 984. The summed E-state index contributed by atoms with van der Waals surface area (Å²) in [5.41, 5.74) is 17.7. The van der Waals surface area contributed by atoms with Gasteiger partial charge >= 0.3 is 7.82 Å². The molecule has 0 saturated heterocycles. The van der Waals surface area contributed by atoms with Gasteiger partial charge in [-0.3, -0.25) is 4.79 Å². The number of hydrogen-bond donors (Lipinski definition) is 6. The maximum Gasteiger partial charge on any atom is 0.472 e. The molecule has 0 radical (unpaired) electrons. The molecule has 9 N–H and O–H groups in total. The first kappa shape index (κ1) is 25.3. The summed E-state index contributed by atoms with van der Waals surface area (Å²) in [6.07, 6.45) is 2.04. The fourth-order valence-corrected chi connectivity index (χ4v) is 2.60. The monoisotopic (exact) mass is 467 g/mol. The highest BCUT2D eigenvalue weighted by atomic mass is 31.2. The molecule has 174 valence electrons. The van der Waals surface area contributed by atoms with Gasteiger partial charge in [-0.1, -0.05) is 18.6 Å². The fraction of sp³-hybridized carbons (Fsp3) is 0.333. The second-order valence-corrected chi connectivity index (χ2v) is 7.77. The molecule has 1 aromatic carbocycles. The third-order valence-electron chi connectivity index (χ3n) is 4.03. The number of pyridine rings is 1. The largest absolute Gasteiger partial charge is 0.472 e. The molecule has 0 aliphatic carbocycles. The number of aromatic nitrogens is 1. The number of ether oxygens (including phenoxy) is 1. The number of carbonyl (C=O) groups is 1. The van der Waals surface area contributed by atoms with E-state index in [4.69, 9.17) is 31.7 Å². The zero-order valence-electron chi connectivity index (χ0n) is 17.1. The standard InChI is InChI=1S/C18H26N7O6P/c19-10-4-3-5-12(20)18(26)23-16-9-8-14(17(21)22-16)25-24-13-6-1-2-7-15(13)30-11-31-32(27,28)29/h1-2,6-9,12H,3-5,10-11,19-20H2,(H2,27,28,29)(H3,21,22,23,26)/t12-/m0/s1. The van der Waals surface area contributed by atoms with Crippen molar-refractivity contribution in [3.05, 3.63) is 36.4 Å². The molecule has 32 heavy (non-hydrogen) atoms. The van der Waals surface area contributed by atoms with Crippen LogP contribution in [0.1, 0.15) is 19.3 Å². The van der Waals surface area contributed by atoms with Crippen molar-refractivity contribution in [2.45, 2.75) is 25.3 Å². The molecule has 0 unspecified atom stereocenters. The smallest absolute Gasteiger partial charge is 0.465 e. The maximum atomic E-state index is 12.1. The van der Waals surface area contributed by atoms with Crippen LogP contribution in [0.3, 0.4) is 0 Å². The summed E-state index contributed by atoms with van der Waals surface area (Å²) in [7, 11) is -4.66. The third kappa shape index (κ3) is 8.67. The van der Waals surface area contributed by atoms with Crippen molar-refractivity contribution >= 4 is 36.7 Å². The first-order valence-corrected chi connectivity index (χ1v) is 11.1. The van der Waals surface area contributed by atoms with Crippen molar-refractivity contribution in [1.29, 1.82) is 0 Å². The molecule has 13 nitrogen and oxygen atoms in total. The van der Waals surface area contributed by atoms with E-state index in [9.17, 15) is 9.36 Å². The van der Waals surface area contributed by atoms with Gasteiger partial charge in [0.25, 0.3) is 0 Å². The number of nitrogens with two attached hydrogens (primary N) is 3. The molecule has 1 atom stereocenters. The van der Waals surface area contributed by atoms with Crippen LogP contribution in [-0.4, -0.2) is 40.1 Å². The van der Waals surface area contributed by atoms with E-state index in [0.717, 1.165) is 12.8 Å². The lowest BCUT2D eigenvalue weighted by molar-refractivity contribution is -0.117.